The molecule has 0 saturated heterocycles. The highest BCUT2D eigenvalue weighted by Gasteiger charge is 2.19. The molecule has 0 spiro atoms. The maximum Gasteiger partial charge on any atom is 0.147 e. The van der Waals surface area contributed by atoms with Gasteiger partial charge >= 0.3 is 0 Å². The zero-order valence-corrected chi connectivity index (χ0v) is 7.51. The van der Waals surface area contributed by atoms with Crippen molar-refractivity contribution in [1.82, 2.24) is 0 Å². The summed E-state index contributed by atoms with van der Waals surface area (Å²) in [5.74, 6) is 0.170. The van der Waals surface area contributed by atoms with Crippen molar-refractivity contribution < 1.29 is 9.90 Å². The molecule has 0 aliphatic heterocycles. The summed E-state index contributed by atoms with van der Waals surface area (Å²) in [5.41, 5.74) is 2.34. The molecule has 0 atom stereocenters. The van der Waals surface area contributed by atoms with Crippen molar-refractivity contribution >= 4 is 22.9 Å². The fourth-order valence-corrected chi connectivity index (χ4v) is 1.76. The number of carbonyl (C=O) groups excluding carboxylic acids is 1. The Labute approximate surface area is 80.5 Å². The van der Waals surface area contributed by atoms with E-state index in [1.54, 1.807) is 18.2 Å². The number of fused-ring (bicyclic) bond motifs is 1. The van der Waals surface area contributed by atoms with Gasteiger partial charge in [0.15, 0.2) is 0 Å². The van der Waals surface area contributed by atoms with Crippen molar-refractivity contribution in [3.05, 3.63) is 34.9 Å². The minimum absolute atomic E-state index is 0.170. The maximum absolute atomic E-state index is 10.6. The van der Waals surface area contributed by atoms with Crippen LogP contribution in [0.2, 0.25) is 0 Å². The summed E-state index contributed by atoms with van der Waals surface area (Å²) in [4.78, 5) is 10.6. The fourth-order valence-electron chi connectivity index (χ4n) is 1.47. The number of allylic oxidation sites excluding steroid dienone is 1. The van der Waals surface area contributed by atoms with E-state index in [1.807, 2.05) is 0 Å². The number of aldehydes is 1. The van der Waals surface area contributed by atoms with Crippen molar-refractivity contribution in [2.75, 3.05) is 0 Å². The van der Waals surface area contributed by atoms with E-state index in [4.69, 9.17) is 11.6 Å². The lowest BCUT2D eigenvalue weighted by Crippen LogP contribution is -1.84. The lowest BCUT2D eigenvalue weighted by atomic mass is 10.1. The van der Waals surface area contributed by atoms with Crippen molar-refractivity contribution in [3.8, 4) is 5.75 Å². The lowest BCUT2D eigenvalue weighted by Gasteiger charge is -1.99. The number of halogens is 1. The highest BCUT2D eigenvalue weighted by atomic mass is 35.5. The number of benzene rings is 1. The van der Waals surface area contributed by atoms with E-state index in [0.717, 1.165) is 17.4 Å². The van der Waals surface area contributed by atoms with Gasteiger partial charge < -0.3 is 5.11 Å². The zero-order chi connectivity index (χ0) is 9.42. The molecule has 1 N–H and O–H groups in total. The smallest absolute Gasteiger partial charge is 0.147 e. The Hall–Kier alpha value is -1.28. The second-order valence-electron chi connectivity index (χ2n) is 2.98. The first-order valence-electron chi connectivity index (χ1n) is 3.88. The second-order valence-corrected chi connectivity index (χ2v) is 3.35. The molecule has 0 fully saturated rings. The molecular formula is C10H7ClO2. The molecule has 0 radical (unpaired) electrons. The van der Waals surface area contributed by atoms with Crippen LogP contribution >= 0.6 is 11.6 Å². The molecule has 0 amide bonds. The van der Waals surface area contributed by atoms with Crippen LogP contribution in [0.1, 0.15) is 11.1 Å². The summed E-state index contributed by atoms with van der Waals surface area (Å²) in [6.07, 6.45) is 1.33. The Morgan fingerprint density at radius 2 is 2.23 bits per heavy atom. The Balaban J connectivity index is 2.58. The standard InChI is InChI=1S/C10H7ClO2/c11-10-7(5-12)3-6-1-2-8(13)4-9(6)10/h1-2,4-5,13H,3H2. The number of hydrogen-bond donors (Lipinski definition) is 1. The van der Waals surface area contributed by atoms with Crippen LogP contribution in [-0.4, -0.2) is 11.4 Å². The van der Waals surface area contributed by atoms with Crippen LogP contribution in [0.4, 0.5) is 0 Å². The predicted molar refractivity (Wildman–Crippen MR) is 50.6 cm³/mol. The Bertz CT molecular complexity index is 407. The van der Waals surface area contributed by atoms with E-state index >= 15 is 0 Å². The van der Waals surface area contributed by atoms with Gasteiger partial charge in [-0.3, -0.25) is 4.79 Å². The van der Waals surface area contributed by atoms with E-state index in [9.17, 15) is 9.90 Å². The van der Waals surface area contributed by atoms with E-state index in [0.29, 0.717) is 17.0 Å². The molecule has 1 aromatic carbocycles. The molecular weight excluding hydrogens is 188 g/mol. The van der Waals surface area contributed by atoms with Crippen LogP contribution in [0.25, 0.3) is 5.03 Å². The molecule has 0 saturated carbocycles. The highest BCUT2D eigenvalue weighted by molar-refractivity contribution is 6.51. The number of rotatable bonds is 1. The van der Waals surface area contributed by atoms with Crippen LogP contribution in [0, 0.1) is 0 Å². The topological polar surface area (TPSA) is 37.3 Å². The number of phenols is 1. The first-order valence-corrected chi connectivity index (χ1v) is 4.26. The van der Waals surface area contributed by atoms with Gasteiger partial charge in [0.2, 0.25) is 0 Å². The summed E-state index contributed by atoms with van der Waals surface area (Å²) in [7, 11) is 0. The van der Waals surface area contributed by atoms with Gasteiger partial charge in [0.25, 0.3) is 0 Å². The Morgan fingerprint density at radius 3 is 2.92 bits per heavy atom. The monoisotopic (exact) mass is 194 g/mol. The third kappa shape index (κ3) is 1.23. The summed E-state index contributed by atoms with van der Waals surface area (Å²) in [5, 5.41) is 9.66. The van der Waals surface area contributed by atoms with Crippen LogP contribution in [0.5, 0.6) is 5.75 Å². The molecule has 3 heteroatoms. The first kappa shape index (κ1) is 8.32. The zero-order valence-electron chi connectivity index (χ0n) is 6.75. The van der Waals surface area contributed by atoms with Gasteiger partial charge in [0.05, 0.1) is 5.03 Å². The molecule has 1 aromatic rings. The van der Waals surface area contributed by atoms with E-state index in [1.165, 1.54) is 0 Å². The molecule has 0 bridgehead atoms. The molecule has 1 aliphatic carbocycles. The Kier molecular flexibility index (Phi) is 1.85. The SMILES string of the molecule is O=CC1=C(Cl)c2cc(O)ccc2C1. The first-order chi connectivity index (χ1) is 6.22. The largest absolute Gasteiger partial charge is 0.508 e. The van der Waals surface area contributed by atoms with Gasteiger partial charge in [-0.2, -0.15) is 0 Å². The fraction of sp³-hybridized carbons (Fsp3) is 0.100. The maximum atomic E-state index is 10.6. The summed E-state index contributed by atoms with van der Waals surface area (Å²) < 4.78 is 0. The molecule has 1 aliphatic rings. The third-order valence-electron chi connectivity index (χ3n) is 2.14. The van der Waals surface area contributed by atoms with Gasteiger partial charge in [0, 0.05) is 17.6 Å². The highest BCUT2D eigenvalue weighted by Crippen LogP contribution is 2.36. The summed E-state index contributed by atoms with van der Waals surface area (Å²) in [6, 6.07) is 4.95. The number of aromatic hydroxyl groups is 1. The third-order valence-corrected chi connectivity index (χ3v) is 2.58. The molecule has 0 heterocycles. The van der Waals surface area contributed by atoms with Gasteiger partial charge in [0.1, 0.15) is 12.0 Å². The number of hydrogen-bond acceptors (Lipinski definition) is 2. The average molecular weight is 195 g/mol. The van der Waals surface area contributed by atoms with Crippen molar-refractivity contribution in [3.63, 3.8) is 0 Å². The quantitative estimate of drug-likeness (QED) is 0.696. The van der Waals surface area contributed by atoms with Crippen LogP contribution in [0.15, 0.2) is 23.8 Å². The van der Waals surface area contributed by atoms with Crippen LogP contribution in [-0.2, 0) is 11.2 Å². The Morgan fingerprint density at radius 1 is 1.46 bits per heavy atom. The molecule has 2 rings (SSSR count). The predicted octanol–water partition coefficient (Wildman–Crippen LogP) is 2.10. The van der Waals surface area contributed by atoms with Gasteiger partial charge in [-0.1, -0.05) is 17.7 Å². The van der Waals surface area contributed by atoms with Crippen molar-refractivity contribution in [1.29, 1.82) is 0 Å². The summed E-state index contributed by atoms with van der Waals surface area (Å²) in [6.45, 7) is 0. The van der Waals surface area contributed by atoms with E-state index in [-0.39, 0.29) is 5.75 Å². The lowest BCUT2D eigenvalue weighted by molar-refractivity contribution is -0.104. The van der Waals surface area contributed by atoms with E-state index in [2.05, 4.69) is 0 Å². The molecule has 2 nitrogen and oxygen atoms in total. The number of phenolic OH excluding ortho intramolecular Hbond substituents is 1. The molecule has 13 heavy (non-hydrogen) atoms. The molecule has 66 valence electrons. The minimum atomic E-state index is 0.170. The minimum Gasteiger partial charge on any atom is -0.508 e. The molecule has 0 aromatic heterocycles. The molecule has 0 unspecified atom stereocenters. The van der Waals surface area contributed by atoms with Crippen LogP contribution < -0.4 is 0 Å². The number of carbonyl (C=O) groups is 1. The van der Waals surface area contributed by atoms with Crippen LogP contribution in [0.3, 0.4) is 0 Å². The van der Waals surface area contributed by atoms with Gasteiger partial charge in [-0.05, 0) is 17.7 Å². The van der Waals surface area contributed by atoms with Gasteiger partial charge in [-0.25, -0.2) is 0 Å². The van der Waals surface area contributed by atoms with Crippen molar-refractivity contribution in [2.24, 2.45) is 0 Å². The summed E-state index contributed by atoms with van der Waals surface area (Å²) >= 11 is 5.92. The average Bonchev–Trinajstić information content (AvgIpc) is 2.44. The second kappa shape index (κ2) is 2.89. The van der Waals surface area contributed by atoms with Gasteiger partial charge in [-0.15, -0.1) is 0 Å². The normalized spacial score (nSPS) is 14.5. The van der Waals surface area contributed by atoms with E-state index < -0.39 is 0 Å². The van der Waals surface area contributed by atoms with Crippen molar-refractivity contribution in [2.45, 2.75) is 6.42 Å².